The van der Waals surface area contributed by atoms with Gasteiger partial charge in [-0.1, -0.05) is 0 Å². The van der Waals surface area contributed by atoms with Crippen LogP contribution in [0.25, 0.3) is 0 Å². The molecule has 1 aromatic rings. The Balaban J connectivity index is 1.66. The van der Waals surface area contributed by atoms with Crippen molar-refractivity contribution in [3.63, 3.8) is 0 Å². The second-order valence-corrected chi connectivity index (χ2v) is 6.36. The molecule has 1 aliphatic carbocycles. The highest BCUT2D eigenvalue weighted by molar-refractivity contribution is 7.89. The zero-order chi connectivity index (χ0) is 12.8. The highest BCUT2D eigenvalue weighted by atomic mass is 32.2. The maximum Gasteiger partial charge on any atom is 0.211 e. The van der Waals surface area contributed by atoms with E-state index < -0.39 is 10.0 Å². The maximum absolute atomic E-state index is 11.7. The third kappa shape index (κ3) is 5.07. The average molecular weight is 270 g/mol. The first-order valence-electron chi connectivity index (χ1n) is 6.13. The fraction of sp³-hybridized carbons (Fsp3) is 0.636. The van der Waals surface area contributed by atoms with Gasteiger partial charge in [-0.05, 0) is 37.9 Å². The Labute approximate surface area is 107 Å². The predicted molar refractivity (Wildman–Crippen MR) is 68.3 cm³/mol. The monoisotopic (exact) mass is 270 g/mol. The van der Waals surface area contributed by atoms with E-state index >= 15 is 0 Å². The molecule has 6 nitrogen and oxygen atoms in total. The number of hydrogen-bond donors (Lipinski definition) is 2. The van der Waals surface area contributed by atoms with Crippen LogP contribution in [0.15, 0.2) is 18.3 Å². The van der Waals surface area contributed by atoms with Crippen LogP contribution in [0.3, 0.4) is 0 Å². The number of nitrogens with zero attached hydrogens (tertiary/aromatic N) is 2. The van der Waals surface area contributed by atoms with Crippen LogP contribution < -0.4 is 10.0 Å². The van der Waals surface area contributed by atoms with Crippen LogP contribution in [0.5, 0.6) is 0 Å². The SMILES string of the molecule is O=S(=O)(CCCNC1CC1)NCc1cccnn1. The number of rotatable bonds is 8. The molecule has 0 unspecified atom stereocenters. The van der Waals surface area contributed by atoms with Crippen molar-refractivity contribution in [3.05, 3.63) is 24.0 Å². The zero-order valence-corrected chi connectivity index (χ0v) is 11.0. The van der Waals surface area contributed by atoms with Crippen LogP contribution in [0.4, 0.5) is 0 Å². The summed E-state index contributed by atoms with van der Waals surface area (Å²) in [6.07, 6.45) is 4.63. The van der Waals surface area contributed by atoms with Crippen molar-refractivity contribution in [2.24, 2.45) is 0 Å². The fourth-order valence-corrected chi connectivity index (χ4v) is 2.58. The van der Waals surface area contributed by atoms with Gasteiger partial charge in [0.05, 0.1) is 18.0 Å². The standard InChI is InChI=1S/C11H18N4O2S/c16-18(17,8-2-6-12-10-4-5-10)14-9-11-3-1-7-13-15-11/h1,3,7,10,12,14H,2,4-6,8-9H2. The Morgan fingerprint density at radius 2 is 2.22 bits per heavy atom. The van der Waals surface area contributed by atoms with Gasteiger partial charge in [-0.25, -0.2) is 13.1 Å². The molecule has 100 valence electrons. The van der Waals surface area contributed by atoms with E-state index in [2.05, 4.69) is 20.2 Å². The molecule has 1 heterocycles. The molecule has 1 fully saturated rings. The molecule has 0 aliphatic heterocycles. The highest BCUT2D eigenvalue weighted by Crippen LogP contribution is 2.18. The molecule has 2 rings (SSSR count). The van der Waals surface area contributed by atoms with Gasteiger partial charge >= 0.3 is 0 Å². The van der Waals surface area contributed by atoms with Gasteiger partial charge in [0.1, 0.15) is 0 Å². The van der Waals surface area contributed by atoms with Crippen LogP contribution in [0, 0.1) is 0 Å². The van der Waals surface area contributed by atoms with Crippen molar-refractivity contribution in [3.8, 4) is 0 Å². The summed E-state index contributed by atoms with van der Waals surface area (Å²) in [5, 5.41) is 10.8. The molecule has 2 N–H and O–H groups in total. The first-order chi connectivity index (χ1) is 8.66. The number of sulfonamides is 1. The van der Waals surface area contributed by atoms with Crippen molar-refractivity contribution in [2.45, 2.75) is 31.8 Å². The third-order valence-corrected chi connectivity index (χ3v) is 4.11. The van der Waals surface area contributed by atoms with E-state index in [9.17, 15) is 8.42 Å². The Morgan fingerprint density at radius 1 is 1.39 bits per heavy atom. The van der Waals surface area contributed by atoms with E-state index in [4.69, 9.17) is 0 Å². The van der Waals surface area contributed by atoms with E-state index in [1.165, 1.54) is 12.8 Å². The van der Waals surface area contributed by atoms with Gasteiger partial charge in [0.25, 0.3) is 0 Å². The molecule has 0 spiro atoms. The van der Waals surface area contributed by atoms with Gasteiger partial charge in [-0.15, -0.1) is 0 Å². The van der Waals surface area contributed by atoms with E-state index in [1.54, 1.807) is 18.3 Å². The van der Waals surface area contributed by atoms with Crippen molar-refractivity contribution < 1.29 is 8.42 Å². The normalized spacial score (nSPS) is 15.8. The predicted octanol–water partition coefficient (Wildman–Crippen LogP) is 0.0381. The minimum absolute atomic E-state index is 0.146. The van der Waals surface area contributed by atoms with Gasteiger partial charge in [0.2, 0.25) is 10.0 Å². The van der Waals surface area contributed by atoms with Crippen LogP contribution in [-0.2, 0) is 16.6 Å². The van der Waals surface area contributed by atoms with Crippen molar-refractivity contribution in [1.82, 2.24) is 20.2 Å². The highest BCUT2D eigenvalue weighted by Gasteiger charge is 2.20. The maximum atomic E-state index is 11.7. The van der Waals surface area contributed by atoms with Crippen molar-refractivity contribution >= 4 is 10.0 Å². The fourth-order valence-electron chi connectivity index (χ4n) is 1.54. The van der Waals surface area contributed by atoms with E-state index in [1.807, 2.05) is 0 Å². The van der Waals surface area contributed by atoms with E-state index in [0.29, 0.717) is 18.2 Å². The molecule has 1 aromatic heterocycles. The first kappa shape index (κ1) is 13.4. The lowest BCUT2D eigenvalue weighted by molar-refractivity contribution is 0.573. The Bertz CT molecular complexity index is 459. The molecule has 0 radical (unpaired) electrons. The molecule has 7 heteroatoms. The Kier molecular flexibility index (Phi) is 4.62. The summed E-state index contributed by atoms with van der Waals surface area (Å²) < 4.78 is 25.9. The molecular formula is C11H18N4O2S. The summed E-state index contributed by atoms with van der Waals surface area (Å²) in [7, 11) is -3.22. The lowest BCUT2D eigenvalue weighted by Crippen LogP contribution is -2.28. The molecule has 18 heavy (non-hydrogen) atoms. The number of nitrogens with one attached hydrogen (secondary N) is 2. The van der Waals surface area contributed by atoms with Gasteiger partial charge in [-0.3, -0.25) is 0 Å². The average Bonchev–Trinajstić information content (AvgIpc) is 3.18. The third-order valence-electron chi connectivity index (χ3n) is 2.70. The lowest BCUT2D eigenvalue weighted by atomic mass is 10.4. The Hall–Kier alpha value is -1.05. The van der Waals surface area contributed by atoms with E-state index in [0.717, 1.165) is 6.54 Å². The van der Waals surface area contributed by atoms with Crippen LogP contribution >= 0.6 is 0 Å². The van der Waals surface area contributed by atoms with E-state index in [-0.39, 0.29) is 12.3 Å². The lowest BCUT2D eigenvalue weighted by Gasteiger charge is -2.06. The van der Waals surface area contributed by atoms with Gasteiger partial charge in [0.15, 0.2) is 0 Å². The molecular weight excluding hydrogens is 252 g/mol. The minimum Gasteiger partial charge on any atom is -0.314 e. The summed E-state index contributed by atoms with van der Waals surface area (Å²) in [6, 6.07) is 4.10. The van der Waals surface area contributed by atoms with Crippen molar-refractivity contribution in [1.29, 1.82) is 0 Å². The molecule has 0 aromatic carbocycles. The Morgan fingerprint density at radius 3 is 2.89 bits per heavy atom. The van der Waals surface area contributed by atoms with Crippen molar-refractivity contribution in [2.75, 3.05) is 12.3 Å². The largest absolute Gasteiger partial charge is 0.314 e. The van der Waals surface area contributed by atoms with Crippen LogP contribution in [-0.4, -0.2) is 37.0 Å². The number of aromatic nitrogens is 2. The molecule has 1 aliphatic rings. The summed E-state index contributed by atoms with van der Waals surface area (Å²) in [6.45, 7) is 0.961. The summed E-state index contributed by atoms with van der Waals surface area (Å²) >= 11 is 0. The van der Waals surface area contributed by atoms with Gasteiger partial charge in [-0.2, -0.15) is 10.2 Å². The van der Waals surface area contributed by atoms with Crippen LogP contribution in [0.2, 0.25) is 0 Å². The topological polar surface area (TPSA) is 84.0 Å². The summed E-state index contributed by atoms with van der Waals surface area (Å²) in [5.74, 6) is 0.146. The molecule has 1 saturated carbocycles. The summed E-state index contributed by atoms with van der Waals surface area (Å²) in [5.41, 5.74) is 0.622. The van der Waals surface area contributed by atoms with Crippen LogP contribution in [0.1, 0.15) is 25.0 Å². The zero-order valence-electron chi connectivity index (χ0n) is 10.2. The smallest absolute Gasteiger partial charge is 0.211 e. The molecule has 0 atom stereocenters. The summed E-state index contributed by atoms with van der Waals surface area (Å²) in [4.78, 5) is 0. The molecule has 0 amide bonds. The minimum atomic E-state index is -3.22. The second-order valence-electron chi connectivity index (χ2n) is 4.44. The second kappa shape index (κ2) is 6.21. The molecule has 0 saturated heterocycles. The molecule has 0 bridgehead atoms. The first-order valence-corrected chi connectivity index (χ1v) is 7.78. The quantitative estimate of drug-likeness (QED) is 0.652. The number of hydrogen-bond acceptors (Lipinski definition) is 5. The van der Waals surface area contributed by atoms with Gasteiger partial charge < -0.3 is 5.32 Å². The van der Waals surface area contributed by atoms with Gasteiger partial charge in [0, 0.05) is 12.2 Å².